The third-order valence-corrected chi connectivity index (χ3v) is 5.67. The van der Waals surface area contributed by atoms with Crippen LogP contribution < -0.4 is 0 Å². The lowest BCUT2D eigenvalue weighted by molar-refractivity contribution is -0.992. The molecule has 0 aromatic carbocycles. The van der Waals surface area contributed by atoms with Crippen molar-refractivity contribution in [3.05, 3.63) is 5.21 Å². The van der Waals surface area contributed by atoms with Gasteiger partial charge in [-0.1, -0.05) is 103 Å². The lowest BCUT2D eigenvalue weighted by Gasteiger charge is -2.34. The first-order valence-electron chi connectivity index (χ1n) is 12.0. The summed E-state index contributed by atoms with van der Waals surface area (Å²) in [6, 6.07) is 0. The van der Waals surface area contributed by atoms with Crippen LogP contribution in [0.1, 0.15) is 123 Å². The molecule has 160 valence electrons. The maximum Gasteiger partial charge on any atom is 0.231 e. The highest BCUT2D eigenvalue weighted by Crippen LogP contribution is 2.20. The van der Waals surface area contributed by atoms with Crippen LogP contribution in [0.25, 0.3) is 0 Å². The third-order valence-electron chi connectivity index (χ3n) is 5.67. The van der Waals surface area contributed by atoms with Gasteiger partial charge in [0.2, 0.25) is 5.84 Å². The van der Waals surface area contributed by atoms with Crippen molar-refractivity contribution in [1.29, 1.82) is 0 Å². The molecule has 1 aliphatic rings. The number of hydroxylamine groups is 4. The van der Waals surface area contributed by atoms with Crippen molar-refractivity contribution in [2.24, 2.45) is 4.99 Å². The second-order valence-electron chi connectivity index (χ2n) is 8.17. The van der Waals surface area contributed by atoms with Crippen molar-refractivity contribution >= 4 is 5.84 Å². The van der Waals surface area contributed by atoms with Crippen LogP contribution in [-0.2, 0) is 4.84 Å². The highest BCUT2D eigenvalue weighted by molar-refractivity contribution is 5.76. The number of rotatable bonds is 19. The van der Waals surface area contributed by atoms with E-state index in [0.29, 0.717) is 25.5 Å². The van der Waals surface area contributed by atoms with Gasteiger partial charge < -0.3 is 5.21 Å². The van der Waals surface area contributed by atoms with Crippen molar-refractivity contribution in [1.82, 2.24) is 0 Å². The summed E-state index contributed by atoms with van der Waals surface area (Å²) in [5.74, 6) is 0.710. The van der Waals surface area contributed by atoms with Gasteiger partial charge in [-0.05, 0) is 13.3 Å². The number of hydrogen-bond acceptors (Lipinski definition) is 3. The minimum atomic E-state index is -0.616. The van der Waals surface area contributed by atoms with Gasteiger partial charge in [-0.15, -0.1) is 0 Å². The SMILES string of the molecule is CCCCCCCCCCCCCCCCCCC1=NCC[N+]1([O-])OCC. The first-order valence-corrected chi connectivity index (χ1v) is 12.0. The van der Waals surface area contributed by atoms with E-state index in [9.17, 15) is 5.21 Å². The van der Waals surface area contributed by atoms with Crippen LogP contribution in [0, 0.1) is 5.21 Å². The van der Waals surface area contributed by atoms with Crippen LogP contribution in [0.3, 0.4) is 0 Å². The average Bonchev–Trinajstić information content (AvgIpc) is 3.02. The minimum Gasteiger partial charge on any atom is -0.592 e. The number of aliphatic imine (C=N–C) groups is 1. The molecule has 0 saturated carbocycles. The van der Waals surface area contributed by atoms with Crippen molar-refractivity contribution < 1.29 is 9.65 Å². The van der Waals surface area contributed by atoms with E-state index < -0.39 is 4.81 Å². The molecule has 1 atom stereocenters. The predicted octanol–water partition coefficient (Wildman–Crippen LogP) is 7.32. The van der Waals surface area contributed by atoms with Gasteiger partial charge in [0.15, 0.2) is 0 Å². The normalized spacial score (nSPS) is 19.6. The molecule has 0 saturated heterocycles. The Morgan fingerprint density at radius 2 is 1.19 bits per heavy atom. The Balaban J connectivity index is 1.81. The van der Waals surface area contributed by atoms with Crippen LogP contribution in [0.2, 0.25) is 0 Å². The molecular formula is C23H46N2O2. The topological polar surface area (TPSA) is 44.7 Å². The summed E-state index contributed by atoms with van der Waals surface area (Å²) >= 11 is 0. The molecule has 0 aromatic heterocycles. The first kappa shape index (κ1) is 24.6. The molecule has 0 aliphatic carbocycles. The minimum absolute atomic E-state index is 0.460. The van der Waals surface area contributed by atoms with Crippen LogP contribution in [0.5, 0.6) is 0 Å². The van der Waals surface area contributed by atoms with E-state index in [0.717, 1.165) is 12.8 Å². The molecule has 0 spiro atoms. The highest BCUT2D eigenvalue weighted by atomic mass is 16.9. The smallest absolute Gasteiger partial charge is 0.231 e. The monoisotopic (exact) mass is 382 g/mol. The average molecular weight is 383 g/mol. The lowest BCUT2D eigenvalue weighted by Crippen LogP contribution is -2.45. The van der Waals surface area contributed by atoms with Crippen molar-refractivity contribution in [3.8, 4) is 0 Å². The molecule has 1 heterocycles. The molecule has 0 fully saturated rings. The Morgan fingerprint density at radius 1 is 0.741 bits per heavy atom. The predicted molar refractivity (Wildman–Crippen MR) is 117 cm³/mol. The second-order valence-corrected chi connectivity index (χ2v) is 8.17. The molecule has 1 rings (SSSR count). The van der Waals surface area contributed by atoms with E-state index in [1.165, 1.54) is 96.3 Å². The van der Waals surface area contributed by atoms with Crippen molar-refractivity contribution in [2.75, 3.05) is 19.7 Å². The summed E-state index contributed by atoms with van der Waals surface area (Å²) in [7, 11) is 0. The van der Waals surface area contributed by atoms with E-state index in [-0.39, 0.29) is 0 Å². The number of unbranched alkanes of at least 4 members (excludes halogenated alkanes) is 15. The molecule has 0 aromatic rings. The zero-order chi connectivity index (χ0) is 19.6. The molecule has 1 unspecified atom stereocenters. The largest absolute Gasteiger partial charge is 0.592 e. The van der Waals surface area contributed by atoms with Gasteiger partial charge in [0.1, 0.15) is 13.2 Å². The highest BCUT2D eigenvalue weighted by Gasteiger charge is 2.31. The van der Waals surface area contributed by atoms with Gasteiger partial charge in [0.25, 0.3) is 0 Å². The van der Waals surface area contributed by atoms with Crippen LogP contribution in [0.15, 0.2) is 4.99 Å². The maximum atomic E-state index is 12.4. The lowest BCUT2D eigenvalue weighted by atomic mass is 10.0. The number of amidine groups is 1. The summed E-state index contributed by atoms with van der Waals surface area (Å²) in [4.78, 5) is 9.08. The first-order chi connectivity index (χ1) is 13.2. The Bertz CT molecular complexity index is 373. The van der Waals surface area contributed by atoms with Crippen LogP contribution in [0.4, 0.5) is 0 Å². The van der Waals surface area contributed by atoms with Crippen LogP contribution >= 0.6 is 0 Å². The van der Waals surface area contributed by atoms with Gasteiger partial charge in [0.05, 0.1) is 6.54 Å². The second kappa shape index (κ2) is 16.5. The standard InChI is InChI=1S/C23H46N2O2/c1-3-5-6-7-8-9-10-11-12-13-14-15-16-17-18-19-20-23-24-21-22-25(23,26)27-4-2/h3-22H2,1-2H3. The molecule has 4 nitrogen and oxygen atoms in total. The Hall–Kier alpha value is -0.450. The summed E-state index contributed by atoms with van der Waals surface area (Å²) in [5, 5.41) is 12.4. The van der Waals surface area contributed by atoms with Crippen molar-refractivity contribution in [3.63, 3.8) is 0 Å². The van der Waals surface area contributed by atoms with Gasteiger partial charge in [0, 0.05) is 6.42 Å². The molecular weight excluding hydrogens is 336 g/mol. The zero-order valence-electron chi connectivity index (χ0n) is 18.4. The van der Waals surface area contributed by atoms with Gasteiger partial charge >= 0.3 is 0 Å². The Kier molecular flexibility index (Phi) is 15.0. The van der Waals surface area contributed by atoms with E-state index in [2.05, 4.69) is 11.9 Å². The summed E-state index contributed by atoms with van der Waals surface area (Å²) < 4.78 is 0. The fourth-order valence-electron chi connectivity index (χ4n) is 3.98. The van der Waals surface area contributed by atoms with E-state index in [1.807, 2.05) is 6.92 Å². The summed E-state index contributed by atoms with van der Waals surface area (Å²) in [6.45, 7) is 5.70. The van der Waals surface area contributed by atoms with E-state index in [4.69, 9.17) is 4.84 Å². The fourth-order valence-corrected chi connectivity index (χ4v) is 3.98. The quantitative estimate of drug-likeness (QED) is 0.133. The summed E-state index contributed by atoms with van der Waals surface area (Å²) in [5.41, 5.74) is 0. The molecule has 0 bridgehead atoms. The molecule has 1 aliphatic heterocycles. The van der Waals surface area contributed by atoms with Crippen LogP contribution in [-0.4, -0.2) is 30.3 Å². The van der Waals surface area contributed by atoms with Gasteiger partial charge in [-0.2, -0.15) is 9.65 Å². The molecule has 27 heavy (non-hydrogen) atoms. The molecule has 4 heteroatoms. The Labute approximate surface area is 168 Å². The van der Waals surface area contributed by atoms with Gasteiger partial charge in [-0.25, -0.2) is 4.99 Å². The third kappa shape index (κ3) is 11.9. The van der Waals surface area contributed by atoms with Crippen molar-refractivity contribution in [2.45, 2.75) is 123 Å². The van der Waals surface area contributed by atoms with Gasteiger partial charge in [-0.3, -0.25) is 0 Å². The summed E-state index contributed by atoms with van der Waals surface area (Å²) in [6.07, 6.45) is 22.8. The zero-order valence-corrected chi connectivity index (χ0v) is 18.4. The van der Waals surface area contributed by atoms with E-state index in [1.54, 1.807) is 0 Å². The molecule has 0 N–H and O–H groups in total. The van der Waals surface area contributed by atoms with E-state index >= 15 is 0 Å². The fraction of sp³-hybridized carbons (Fsp3) is 0.957. The maximum absolute atomic E-state index is 12.4. The molecule has 0 radical (unpaired) electrons. The Morgan fingerprint density at radius 3 is 1.63 bits per heavy atom. The number of hydrogen-bond donors (Lipinski definition) is 0. The number of quaternary nitrogens is 1. The number of nitrogens with zero attached hydrogens (tertiary/aromatic N) is 2. The molecule has 0 amide bonds.